The number of para-hydroxylation sites is 1. The number of aryl methyl sites for hydroxylation is 4. The van der Waals surface area contributed by atoms with E-state index >= 15 is 0 Å². The minimum absolute atomic E-state index is 0.487. The van der Waals surface area contributed by atoms with Crippen LogP contribution in [0, 0.1) is 27.7 Å². The van der Waals surface area contributed by atoms with Crippen molar-refractivity contribution < 1.29 is 0 Å². The van der Waals surface area contributed by atoms with Crippen LogP contribution >= 0.6 is 0 Å². The second-order valence-electron chi connectivity index (χ2n) is 8.33. The lowest BCUT2D eigenvalue weighted by Crippen LogP contribution is -2.24. The quantitative estimate of drug-likeness (QED) is 0.495. The molecule has 0 saturated heterocycles. The maximum absolute atomic E-state index is 4.77. The number of nitrogens with zero attached hydrogens (tertiary/aromatic N) is 8. The van der Waals surface area contributed by atoms with Crippen LogP contribution in [-0.2, 0) is 0 Å². The molecule has 1 aliphatic rings. The SMILES string of the molecule is Cc1cc(C)n(-c2nc(C=C3CCN(C)c4ccccc43)nc(-n3nc(C)cc3C)n2)n1. The third-order valence-corrected chi connectivity index (χ3v) is 5.71. The van der Waals surface area contributed by atoms with Gasteiger partial charge in [-0.15, -0.1) is 0 Å². The molecule has 4 heterocycles. The molecule has 5 rings (SSSR count). The first-order valence-corrected chi connectivity index (χ1v) is 10.7. The van der Waals surface area contributed by atoms with Crippen LogP contribution < -0.4 is 4.90 Å². The molecule has 0 aliphatic carbocycles. The zero-order valence-corrected chi connectivity index (χ0v) is 19.0. The highest BCUT2D eigenvalue weighted by Gasteiger charge is 2.19. The van der Waals surface area contributed by atoms with E-state index in [4.69, 9.17) is 15.0 Å². The summed E-state index contributed by atoms with van der Waals surface area (Å²) < 4.78 is 3.52. The molecular formula is C24H26N8. The van der Waals surface area contributed by atoms with E-state index in [9.17, 15) is 0 Å². The first-order chi connectivity index (χ1) is 15.4. The predicted molar refractivity (Wildman–Crippen MR) is 125 cm³/mol. The Hall–Kier alpha value is -3.81. The average molecular weight is 427 g/mol. The molecule has 0 amide bonds. The number of rotatable bonds is 3. The van der Waals surface area contributed by atoms with Gasteiger partial charge in [0.05, 0.1) is 11.4 Å². The van der Waals surface area contributed by atoms with Crippen LogP contribution in [0.4, 0.5) is 5.69 Å². The Morgan fingerprint density at radius 3 is 1.97 bits per heavy atom. The molecule has 0 atom stereocenters. The van der Waals surface area contributed by atoms with Crippen LogP contribution in [0.25, 0.3) is 23.5 Å². The summed E-state index contributed by atoms with van der Waals surface area (Å²) in [5, 5.41) is 9.17. The normalized spacial score (nSPS) is 14.8. The lowest BCUT2D eigenvalue weighted by atomic mass is 9.96. The zero-order valence-electron chi connectivity index (χ0n) is 19.0. The summed E-state index contributed by atoms with van der Waals surface area (Å²) in [5.41, 5.74) is 7.41. The third kappa shape index (κ3) is 3.57. The Morgan fingerprint density at radius 1 is 0.812 bits per heavy atom. The van der Waals surface area contributed by atoms with Gasteiger partial charge in [0.2, 0.25) is 0 Å². The minimum atomic E-state index is 0.487. The Labute approximate surface area is 187 Å². The number of benzene rings is 1. The molecule has 0 fully saturated rings. The highest BCUT2D eigenvalue weighted by molar-refractivity contribution is 5.88. The summed E-state index contributed by atoms with van der Waals surface area (Å²) in [5.74, 6) is 1.57. The van der Waals surface area contributed by atoms with Crippen LogP contribution in [-0.4, -0.2) is 48.1 Å². The van der Waals surface area contributed by atoms with Crippen LogP contribution in [0.15, 0.2) is 36.4 Å². The Kier molecular flexibility index (Phi) is 4.84. The highest BCUT2D eigenvalue weighted by Crippen LogP contribution is 2.34. The van der Waals surface area contributed by atoms with Crippen LogP contribution in [0.3, 0.4) is 0 Å². The number of aromatic nitrogens is 7. The van der Waals surface area contributed by atoms with Crippen molar-refractivity contribution >= 4 is 17.3 Å². The molecule has 8 heteroatoms. The predicted octanol–water partition coefficient (Wildman–Crippen LogP) is 3.86. The van der Waals surface area contributed by atoms with Gasteiger partial charge in [-0.25, -0.2) is 9.36 Å². The Bertz CT molecular complexity index is 1280. The van der Waals surface area contributed by atoms with E-state index in [1.54, 1.807) is 9.36 Å². The summed E-state index contributed by atoms with van der Waals surface area (Å²) in [4.78, 5) is 16.5. The molecule has 32 heavy (non-hydrogen) atoms. The maximum atomic E-state index is 4.77. The van der Waals surface area contributed by atoms with E-state index in [2.05, 4.69) is 52.5 Å². The van der Waals surface area contributed by atoms with Crippen molar-refractivity contribution in [1.82, 2.24) is 34.5 Å². The molecule has 8 nitrogen and oxygen atoms in total. The molecule has 3 aromatic heterocycles. The Morgan fingerprint density at radius 2 is 1.41 bits per heavy atom. The van der Waals surface area contributed by atoms with Gasteiger partial charge in [-0.2, -0.15) is 25.1 Å². The van der Waals surface area contributed by atoms with E-state index in [0.717, 1.165) is 35.7 Å². The van der Waals surface area contributed by atoms with Crippen molar-refractivity contribution in [2.75, 3.05) is 18.5 Å². The van der Waals surface area contributed by atoms with Gasteiger partial charge in [-0.1, -0.05) is 18.2 Å². The van der Waals surface area contributed by atoms with Crippen molar-refractivity contribution in [3.63, 3.8) is 0 Å². The standard InChI is InChI=1S/C24H26N8/c1-15-12-17(3)31(28-15)23-25-22(26-24(27-23)32-18(4)13-16(2)29-32)14-19-10-11-30(5)21-9-7-6-8-20(19)21/h6-9,12-14H,10-11H2,1-5H3. The largest absolute Gasteiger partial charge is 0.374 e. The van der Waals surface area contributed by atoms with E-state index in [0.29, 0.717) is 17.7 Å². The van der Waals surface area contributed by atoms with Gasteiger partial charge >= 0.3 is 0 Å². The molecule has 1 aromatic carbocycles. The smallest absolute Gasteiger partial charge is 0.256 e. The molecule has 0 N–H and O–H groups in total. The van der Waals surface area contributed by atoms with Crippen molar-refractivity contribution in [2.24, 2.45) is 0 Å². The average Bonchev–Trinajstić information content (AvgIpc) is 3.29. The molecular weight excluding hydrogens is 400 g/mol. The van der Waals surface area contributed by atoms with Gasteiger partial charge in [-0.3, -0.25) is 0 Å². The van der Waals surface area contributed by atoms with E-state index in [1.165, 1.54) is 16.8 Å². The molecule has 0 spiro atoms. The summed E-state index contributed by atoms with van der Waals surface area (Å²) in [6.07, 6.45) is 2.99. The van der Waals surface area contributed by atoms with Gasteiger partial charge in [0.1, 0.15) is 0 Å². The number of hydrogen-bond acceptors (Lipinski definition) is 6. The first kappa shape index (κ1) is 20.1. The topological polar surface area (TPSA) is 77.5 Å². The van der Waals surface area contributed by atoms with Crippen LogP contribution in [0.2, 0.25) is 0 Å². The van der Waals surface area contributed by atoms with Crippen LogP contribution in [0.1, 0.15) is 40.6 Å². The molecule has 0 unspecified atom stereocenters. The molecule has 1 aliphatic heterocycles. The third-order valence-electron chi connectivity index (χ3n) is 5.71. The first-order valence-electron chi connectivity index (χ1n) is 10.7. The minimum Gasteiger partial charge on any atom is -0.374 e. The van der Waals surface area contributed by atoms with Gasteiger partial charge in [-0.05, 0) is 64.0 Å². The second kappa shape index (κ2) is 7.71. The summed E-state index contributed by atoms with van der Waals surface area (Å²) in [7, 11) is 2.13. The van der Waals surface area contributed by atoms with E-state index in [-0.39, 0.29) is 0 Å². The second-order valence-corrected chi connectivity index (χ2v) is 8.33. The fraction of sp³-hybridized carbons (Fsp3) is 0.292. The summed E-state index contributed by atoms with van der Waals surface area (Å²) in [6, 6.07) is 12.5. The lowest BCUT2D eigenvalue weighted by Gasteiger charge is -2.29. The maximum Gasteiger partial charge on any atom is 0.256 e. The zero-order chi connectivity index (χ0) is 22.4. The van der Waals surface area contributed by atoms with Gasteiger partial charge in [0.15, 0.2) is 5.82 Å². The fourth-order valence-corrected chi connectivity index (χ4v) is 4.21. The molecule has 0 bridgehead atoms. The summed E-state index contributed by atoms with van der Waals surface area (Å²) in [6.45, 7) is 8.87. The molecule has 4 aromatic rings. The van der Waals surface area contributed by atoms with Crippen molar-refractivity contribution in [1.29, 1.82) is 0 Å². The highest BCUT2D eigenvalue weighted by atomic mass is 15.4. The number of fused-ring (bicyclic) bond motifs is 1. The monoisotopic (exact) mass is 426 g/mol. The molecule has 0 saturated carbocycles. The van der Waals surface area contributed by atoms with Crippen molar-refractivity contribution in [3.05, 3.63) is 70.6 Å². The summed E-state index contributed by atoms with van der Waals surface area (Å²) >= 11 is 0. The van der Waals surface area contributed by atoms with Gasteiger partial charge < -0.3 is 4.90 Å². The van der Waals surface area contributed by atoms with E-state index in [1.807, 2.05) is 39.8 Å². The number of anilines is 1. The molecule has 0 radical (unpaired) electrons. The van der Waals surface area contributed by atoms with Crippen LogP contribution in [0.5, 0.6) is 0 Å². The fourth-order valence-electron chi connectivity index (χ4n) is 4.21. The Balaban J connectivity index is 1.69. The van der Waals surface area contributed by atoms with Crippen molar-refractivity contribution in [2.45, 2.75) is 34.1 Å². The molecule has 162 valence electrons. The van der Waals surface area contributed by atoms with E-state index < -0.39 is 0 Å². The van der Waals surface area contributed by atoms with Gasteiger partial charge in [0, 0.05) is 36.2 Å². The van der Waals surface area contributed by atoms with Crippen molar-refractivity contribution in [3.8, 4) is 11.9 Å². The number of hydrogen-bond donors (Lipinski definition) is 0. The van der Waals surface area contributed by atoms with Gasteiger partial charge in [0.25, 0.3) is 11.9 Å². The lowest BCUT2D eigenvalue weighted by molar-refractivity contribution is 0.714.